The highest BCUT2D eigenvalue weighted by Gasteiger charge is 2.41. The van der Waals surface area contributed by atoms with Crippen LogP contribution in [0.15, 0.2) is 48.8 Å². The number of pyridine rings is 1. The van der Waals surface area contributed by atoms with Crippen LogP contribution >= 0.6 is 0 Å². The van der Waals surface area contributed by atoms with Crippen LogP contribution in [0.5, 0.6) is 5.75 Å². The van der Waals surface area contributed by atoms with Crippen LogP contribution in [0.25, 0.3) is 0 Å². The molecule has 0 fully saturated rings. The molecule has 1 N–H and O–H groups in total. The number of carbonyl (C=O) groups excluding carboxylic acids is 1. The summed E-state index contributed by atoms with van der Waals surface area (Å²) in [6, 6.07) is 10.00. The number of carbonyl (C=O) groups is 1. The van der Waals surface area contributed by atoms with Crippen molar-refractivity contribution in [3.63, 3.8) is 0 Å². The molecule has 4 nitrogen and oxygen atoms in total. The van der Waals surface area contributed by atoms with Gasteiger partial charge in [-0.15, -0.1) is 0 Å². The quantitative estimate of drug-likeness (QED) is 0.629. The van der Waals surface area contributed by atoms with Gasteiger partial charge in [0.2, 0.25) is 0 Å². The summed E-state index contributed by atoms with van der Waals surface area (Å²) in [6.45, 7) is 10.7. The highest BCUT2D eigenvalue weighted by atomic mass is 28.4. The number of hydrogen-bond donors (Lipinski definition) is 1. The van der Waals surface area contributed by atoms with Crippen LogP contribution < -0.4 is 0 Å². The molecule has 2 rings (SSSR count). The van der Waals surface area contributed by atoms with Gasteiger partial charge in [0, 0.05) is 18.0 Å². The Bertz CT molecular complexity index is 708. The lowest BCUT2D eigenvalue weighted by Gasteiger charge is -2.39. The Kier molecular flexibility index (Phi) is 5.25. The van der Waals surface area contributed by atoms with Crippen molar-refractivity contribution in [3.05, 3.63) is 59.9 Å². The average Bonchev–Trinajstić information content (AvgIpc) is 2.52. The van der Waals surface area contributed by atoms with E-state index in [0.717, 1.165) is 5.56 Å². The van der Waals surface area contributed by atoms with Gasteiger partial charge in [0.05, 0.1) is 0 Å². The monoisotopic (exact) mass is 343 g/mol. The number of phenols is 1. The highest BCUT2D eigenvalue weighted by molar-refractivity contribution is 6.74. The molecule has 1 heterocycles. The van der Waals surface area contributed by atoms with Crippen LogP contribution in [0.4, 0.5) is 0 Å². The summed E-state index contributed by atoms with van der Waals surface area (Å²) in [6.07, 6.45) is 2.62. The summed E-state index contributed by atoms with van der Waals surface area (Å²) >= 11 is 0. The van der Waals surface area contributed by atoms with Crippen molar-refractivity contribution in [2.45, 2.75) is 45.0 Å². The number of aromatic hydroxyl groups is 1. The predicted molar refractivity (Wildman–Crippen MR) is 97.7 cm³/mol. The van der Waals surface area contributed by atoms with Gasteiger partial charge in [-0.2, -0.15) is 0 Å². The normalized spacial score (nSPS) is 13.5. The molecule has 0 bridgehead atoms. The Morgan fingerprint density at radius 1 is 1.17 bits per heavy atom. The molecule has 1 atom stereocenters. The highest BCUT2D eigenvalue weighted by Crippen LogP contribution is 2.40. The number of nitrogens with zero attached hydrogens (tertiary/aromatic N) is 1. The number of rotatable bonds is 5. The number of Topliss-reactive ketones (excluding diaryl/α,β-unsaturated/α-hetero) is 1. The number of phenolic OH excluding ortho intramolecular Hbond substituents is 1. The molecule has 128 valence electrons. The van der Waals surface area contributed by atoms with Crippen molar-refractivity contribution in [1.82, 2.24) is 4.98 Å². The van der Waals surface area contributed by atoms with Crippen molar-refractivity contribution >= 4 is 14.1 Å². The Morgan fingerprint density at radius 2 is 1.79 bits per heavy atom. The third-order valence-corrected chi connectivity index (χ3v) is 9.03. The van der Waals surface area contributed by atoms with E-state index in [0.29, 0.717) is 5.56 Å². The fourth-order valence-electron chi connectivity index (χ4n) is 2.09. The van der Waals surface area contributed by atoms with Crippen LogP contribution in [0, 0.1) is 0 Å². The van der Waals surface area contributed by atoms with Crippen LogP contribution in [0.3, 0.4) is 0 Å². The molecule has 1 aromatic carbocycles. The summed E-state index contributed by atoms with van der Waals surface area (Å²) in [4.78, 5) is 17.1. The molecular weight excluding hydrogens is 318 g/mol. The molecule has 24 heavy (non-hydrogen) atoms. The first-order valence-electron chi connectivity index (χ1n) is 8.03. The van der Waals surface area contributed by atoms with Crippen LogP contribution in [-0.4, -0.2) is 24.2 Å². The lowest BCUT2D eigenvalue weighted by molar-refractivity contribution is 0.0766. The van der Waals surface area contributed by atoms with E-state index in [2.05, 4.69) is 38.8 Å². The predicted octanol–water partition coefficient (Wildman–Crippen LogP) is 4.73. The minimum absolute atomic E-state index is 0.0165. The summed E-state index contributed by atoms with van der Waals surface area (Å²) < 4.78 is 6.42. The van der Waals surface area contributed by atoms with Crippen molar-refractivity contribution in [1.29, 1.82) is 0 Å². The second-order valence-electron chi connectivity index (χ2n) is 7.45. The topological polar surface area (TPSA) is 59.4 Å². The van der Waals surface area contributed by atoms with Gasteiger partial charge in [-0.1, -0.05) is 32.9 Å². The minimum atomic E-state index is -2.16. The summed E-state index contributed by atoms with van der Waals surface area (Å²) in [5, 5.41) is 9.67. The van der Waals surface area contributed by atoms with Gasteiger partial charge in [-0.25, -0.2) is 0 Å². The molecule has 0 amide bonds. The van der Waals surface area contributed by atoms with E-state index in [-0.39, 0.29) is 16.6 Å². The first kappa shape index (κ1) is 18.4. The molecule has 0 saturated heterocycles. The van der Waals surface area contributed by atoms with E-state index < -0.39 is 14.4 Å². The molecule has 5 heteroatoms. The number of aromatic nitrogens is 1. The zero-order valence-electron chi connectivity index (χ0n) is 14.9. The number of hydrogen-bond acceptors (Lipinski definition) is 4. The Morgan fingerprint density at radius 3 is 2.33 bits per heavy atom. The van der Waals surface area contributed by atoms with Crippen molar-refractivity contribution in [3.8, 4) is 5.75 Å². The smallest absolute Gasteiger partial charge is 0.195 e. The van der Waals surface area contributed by atoms with Crippen molar-refractivity contribution < 1.29 is 14.3 Å². The fraction of sp³-hybridized carbons (Fsp3) is 0.368. The molecule has 1 unspecified atom stereocenters. The van der Waals surface area contributed by atoms with E-state index >= 15 is 0 Å². The Hall–Kier alpha value is -1.98. The van der Waals surface area contributed by atoms with Gasteiger partial charge < -0.3 is 9.53 Å². The second kappa shape index (κ2) is 6.87. The van der Waals surface area contributed by atoms with E-state index in [1.165, 1.54) is 6.07 Å². The maximum Gasteiger partial charge on any atom is 0.195 e. The zero-order chi connectivity index (χ0) is 18.0. The van der Waals surface area contributed by atoms with Gasteiger partial charge in [0.25, 0.3) is 0 Å². The lowest BCUT2D eigenvalue weighted by Crippen LogP contribution is -2.43. The SMILES string of the molecule is CC(C)(C)[Si](C)(C)OC(C(=O)c1cccc(O)c1)c1ccncc1. The number of benzene rings is 1. The van der Waals surface area contributed by atoms with Gasteiger partial charge in [0.15, 0.2) is 14.1 Å². The van der Waals surface area contributed by atoms with Crippen molar-refractivity contribution in [2.24, 2.45) is 0 Å². The van der Waals surface area contributed by atoms with E-state index in [1.807, 2.05) is 0 Å². The van der Waals surface area contributed by atoms with E-state index in [9.17, 15) is 9.90 Å². The third-order valence-electron chi connectivity index (χ3n) is 4.60. The van der Waals surface area contributed by atoms with Crippen LogP contribution in [0.2, 0.25) is 18.1 Å². The first-order valence-corrected chi connectivity index (χ1v) is 10.9. The maximum atomic E-state index is 13.1. The fourth-order valence-corrected chi connectivity index (χ4v) is 3.28. The molecule has 0 radical (unpaired) electrons. The van der Waals surface area contributed by atoms with Gasteiger partial charge in [0.1, 0.15) is 11.9 Å². The first-order chi connectivity index (χ1) is 11.1. The standard InChI is InChI=1S/C19H25NO3Si/c1-19(2,3)24(4,5)23-18(14-9-11-20-12-10-14)17(22)15-7-6-8-16(21)13-15/h6-13,18,21H,1-5H3. The molecule has 1 aromatic heterocycles. The van der Waals surface area contributed by atoms with Gasteiger partial charge >= 0.3 is 0 Å². The Labute approximate surface area is 144 Å². The summed E-state index contributed by atoms with van der Waals surface area (Å²) in [5.74, 6) is -0.0800. The van der Waals surface area contributed by atoms with Crippen molar-refractivity contribution in [2.75, 3.05) is 0 Å². The maximum absolute atomic E-state index is 13.1. The molecule has 0 aliphatic heterocycles. The lowest BCUT2D eigenvalue weighted by atomic mass is 10.0. The van der Waals surface area contributed by atoms with Gasteiger partial charge in [-0.3, -0.25) is 9.78 Å². The van der Waals surface area contributed by atoms with E-state index in [4.69, 9.17) is 4.43 Å². The molecule has 0 aliphatic carbocycles. The molecule has 0 aliphatic rings. The van der Waals surface area contributed by atoms with Crippen LogP contribution in [-0.2, 0) is 4.43 Å². The van der Waals surface area contributed by atoms with Gasteiger partial charge in [-0.05, 0) is 48.0 Å². The largest absolute Gasteiger partial charge is 0.508 e. The number of ketones is 1. The van der Waals surface area contributed by atoms with E-state index in [1.54, 1.807) is 42.7 Å². The Balaban J connectivity index is 2.43. The molecular formula is C19H25NO3Si. The molecule has 0 spiro atoms. The third kappa shape index (κ3) is 4.10. The van der Waals surface area contributed by atoms with Crippen LogP contribution in [0.1, 0.15) is 42.8 Å². The summed E-state index contributed by atoms with van der Waals surface area (Å²) in [7, 11) is -2.16. The molecule has 2 aromatic rings. The zero-order valence-corrected chi connectivity index (χ0v) is 15.9. The summed E-state index contributed by atoms with van der Waals surface area (Å²) in [5.41, 5.74) is 1.22. The average molecular weight is 343 g/mol. The second-order valence-corrected chi connectivity index (χ2v) is 12.2. The molecule has 0 saturated carbocycles. The minimum Gasteiger partial charge on any atom is -0.508 e.